The molecular weight excluding hydrogens is 504 g/mol. The third kappa shape index (κ3) is 5.40. The van der Waals surface area contributed by atoms with E-state index in [1.165, 1.54) is 26.4 Å². The van der Waals surface area contributed by atoms with Gasteiger partial charge in [0, 0.05) is 18.4 Å². The van der Waals surface area contributed by atoms with Gasteiger partial charge in [-0.15, -0.1) is 0 Å². The zero-order valence-corrected chi connectivity index (χ0v) is 21.0. The van der Waals surface area contributed by atoms with Crippen LogP contribution in [0.2, 0.25) is 0 Å². The Morgan fingerprint density at radius 1 is 0.895 bits per heavy atom. The first-order chi connectivity index (χ1) is 18.2. The Hall–Kier alpha value is -2.68. The Morgan fingerprint density at radius 3 is 2.29 bits per heavy atom. The molecule has 210 valence electrons. The molecule has 12 nitrogen and oxygen atoms in total. The van der Waals surface area contributed by atoms with E-state index < -0.39 is 61.4 Å². The highest BCUT2D eigenvalue weighted by Crippen LogP contribution is 2.46. The first-order valence-corrected chi connectivity index (χ1v) is 12.2. The van der Waals surface area contributed by atoms with Gasteiger partial charge in [0.15, 0.2) is 23.0 Å². The number of ether oxygens (including phenoxy) is 5. The average molecular weight is 539 g/mol. The quantitative estimate of drug-likeness (QED) is 0.220. The van der Waals surface area contributed by atoms with E-state index >= 15 is 0 Å². The Kier molecular flexibility index (Phi) is 8.96. The standard InChI is InChI=1S/C26H34O12/c1-34-18-7-12(3-5-16(18)29)21(30)15-11-36-25(14(15)9-27)13-4-6-17(19(8-13)35-2)37-26-24(33)23(32)22(31)20(10-28)38-26/h3-8,14-15,20-33H,9-11H2,1-2H3/t14-,15-,20+,21-,22-,23-,24+,25+,26-/m1/s1. The van der Waals surface area contributed by atoms with Crippen LogP contribution in [0.4, 0.5) is 0 Å². The summed E-state index contributed by atoms with van der Waals surface area (Å²) < 4.78 is 27.7. The Morgan fingerprint density at radius 2 is 1.63 bits per heavy atom. The van der Waals surface area contributed by atoms with Gasteiger partial charge in [-0.2, -0.15) is 0 Å². The largest absolute Gasteiger partial charge is 0.504 e. The number of aliphatic hydroxyl groups excluding tert-OH is 6. The molecular formula is C26H34O12. The maximum atomic E-state index is 11.1. The van der Waals surface area contributed by atoms with Gasteiger partial charge in [-0.05, 0) is 35.4 Å². The van der Waals surface area contributed by atoms with Crippen molar-refractivity contribution in [2.45, 2.75) is 42.9 Å². The van der Waals surface area contributed by atoms with Crippen LogP contribution in [0.3, 0.4) is 0 Å². The second-order valence-corrected chi connectivity index (χ2v) is 9.37. The smallest absolute Gasteiger partial charge is 0.229 e. The average Bonchev–Trinajstić information content (AvgIpc) is 3.37. The van der Waals surface area contributed by atoms with Crippen molar-refractivity contribution in [3.63, 3.8) is 0 Å². The van der Waals surface area contributed by atoms with Gasteiger partial charge in [0.1, 0.15) is 24.4 Å². The first-order valence-electron chi connectivity index (χ1n) is 12.2. The topological polar surface area (TPSA) is 188 Å². The fraction of sp³-hybridized carbons (Fsp3) is 0.538. The van der Waals surface area contributed by atoms with Crippen molar-refractivity contribution >= 4 is 0 Å². The molecule has 2 fully saturated rings. The number of phenolic OH excluding ortho intramolecular Hbond substituents is 1. The van der Waals surface area contributed by atoms with Crippen molar-refractivity contribution in [3.05, 3.63) is 47.5 Å². The normalized spacial score (nSPS) is 32.1. The number of benzene rings is 2. The molecule has 2 saturated heterocycles. The van der Waals surface area contributed by atoms with Crippen LogP contribution >= 0.6 is 0 Å². The van der Waals surface area contributed by atoms with Crippen LogP contribution in [-0.2, 0) is 9.47 Å². The number of methoxy groups -OCH3 is 2. The van der Waals surface area contributed by atoms with Crippen molar-refractivity contribution in [1.82, 2.24) is 0 Å². The summed E-state index contributed by atoms with van der Waals surface area (Å²) in [6.07, 6.45) is -8.80. The summed E-state index contributed by atoms with van der Waals surface area (Å²) in [6.45, 7) is -0.703. The molecule has 9 atom stereocenters. The summed E-state index contributed by atoms with van der Waals surface area (Å²) in [7, 11) is 2.82. The first kappa shape index (κ1) is 28.3. The number of aliphatic hydroxyl groups is 6. The van der Waals surface area contributed by atoms with Crippen molar-refractivity contribution in [2.24, 2.45) is 11.8 Å². The molecule has 4 rings (SSSR count). The van der Waals surface area contributed by atoms with Gasteiger partial charge in [0.2, 0.25) is 6.29 Å². The molecule has 12 heteroatoms. The van der Waals surface area contributed by atoms with Crippen LogP contribution < -0.4 is 14.2 Å². The fourth-order valence-electron chi connectivity index (χ4n) is 4.96. The lowest BCUT2D eigenvalue weighted by Crippen LogP contribution is -2.60. The molecule has 0 unspecified atom stereocenters. The molecule has 0 bridgehead atoms. The summed E-state index contributed by atoms with van der Waals surface area (Å²) in [4.78, 5) is 0. The molecule has 0 radical (unpaired) electrons. The van der Waals surface area contributed by atoms with Gasteiger partial charge in [-0.1, -0.05) is 12.1 Å². The Labute approximate surface area is 219 Å². The highest BCUT2D eigenvalue weighted by Gasteiger charge is 2.45. The number of hydrogen-bond donors (Lipinski definition) is 7. The lowest BCUT2D eigenvalue weighted by molar-refractivity contribution is -0.277. The molecule has 7 N–H and O–H groups in total. The minimum absolute atomic E-state index is 0.0548. The van der Waals surface area contributed by atoms with Gasteiger partial charge in [0.25, 0.3) is 0 Å². The third-order valence-corrected chi connectivity index (χ3v) is 7.18. The third-order valence-electron chi connectivity index (χ3n) is 7.18. The number of aromatic hydroxyl groups is 1. The minimum Gasteiger partial charge on any atom is -0.504 e. The SMILES string of the molecule is COc1cc([C@@H](O)[C@@H]2CO[C@@H](c3ccc(O[C@@H]4O[C@@H](CO)[C@@H](O)[C@@H](O)[C@@H]4O)c(OC)c3)[C@@H]2CO)ccc1O. The molecule has 0 spiro atoms. The Balaban J connectivity index is 1.52. The molecule has 2 aliphatic rings. The van der Waals surface area contributed by atoms with Crippen molar-refractivity contribution in [1.29, 1.82) is 0 Å². The highest BCUT2D eigenvalue weighted by atomic mass is 16.7. The Bertz CT molecular complexity index is 1080. The monoisotopic (exact) mass is 538 g/mol. The lowest BCUT2D eigenvalue weighted by Gasteiger charge is -2.39. The molecule has 38 heavy (non-hydrogen) atoms. The van der Waals surface area contributed by atoms with Crippen LogP contribution in [0.25, 0.3) is 0 Å². The van der Waals surface area contributed by atoms with E-state index in [1.54, 1.807) is 24.3 Å². The van der Waals surface area contributed by atoms with E-state index in [0.717, 1.165) is 0 Å². The number of rotatable bonds is 9. The highest BCUT2D eigenvalue weighted by molar-refractivity contribution is 5.45. The summed E-state index contributed by atoms with van der Waals surface area (Å²) >= 11 is 0. The van der Waals surface area contributed by atoms with Gasteiger partial charge >= 0.3 is 0 Å². The number of hydrogen-bond acceptors (Lipinski definition) is 12. The molecule has 2 aromatic carbocycles. The van der Waals surface area contributed by atoms with Crippen LogP contribution in [-0.4, -0.2) is 100 Å². The van der Waals surface area contributed by atoms with E-state index in [4.69, 9.17) is 23.7 Å². The van der Waals surface area contributed by atoms with Gasteiger partial charge in [-0.25, -0.2) is 0 Å². The van der Waals surface area contributed by atoms with Crippen LogP contribution in [0, 0.1) is 11.8 Å². The van der Waals surface area contributed by atoms with Crippen molar-refractivity contribution < 1.29 is 59.4 Å². The molecule has 0 saturated carbocycles. The van der Waals surface area contributed by atoms with Crippen molar-refractivity contribution in [2.75, 3.05) is 34.0 Å². The molecule has 0 aromatic heterocycles. The van der Waals surface area contributed by atoms with Gasteiger partial charge in [0.05, 0.1) is 39.6 Å². The maximum Gasteiger partial charge on any atom is 0.229 e. The minimum atomic E-state index is -1.59. The van der Waals surface area contributed by atoms with Crippen LogP contribution in [0.1, 0.15) is 23.3 Å². The summed E-state index contributed by atoms with van der Waals surface area (Å²) in [5.41, 5.74) is 1.15. The molecule has 0 amide bonds. The number of phenols is 1. The van der Waals surface area contributed by atoms with E-state index in [1.807, 2.05) is 0 Å². The van der Waals surface area contributed by atoms with Crippen LogP contribution in [0.5, 0.6) is 23.0 Å². The van der Waals surface area contributed by atoms with Crippen LogP contribution in [0.15, 0.2) is 36.4 Å². The summed E-state index contributed by atoms with van der Waals surface area (Å²) in [5.74, 6) is -0.376. The summed E-state index contributed by atoms with van der Waals surface area (Å²) in [5, 5.41) is 70.8. The molecule has 2 heterocycles. The van der Waals surface area contributed by atoms with E-state index in [2.05, 4.69) is 0 Å². The van der Waals surface area contributed by atoms with E-state index in [-0.39, 0.29) is 36.2 Å². The summed E-state index contributed by atoms with van der Waals surface area (Å²) in [6, 6.07) is 9.40. The fourth-order valence-corrected chi connectivity index (χ4v) is 4.96. The predicted octanol–water partition coefficient (Wildman–Crippen LogP) is -0.382. The van der Waals surface area contributed by atoms with Gasteiger partial charge < -0.3 is 59.4 Å². The second-order valence-electron chi connectivity index (χ2n) is 9.37. The van der Waals surface area contributed by atoms with Gasteiger partial charge in [-0.3, -0.25) is 0 Å². The molecule has 2 aliphatic heterocycles. The van der Waals surface area contributed by atoms with Crippen molar-refractivity contribution in [3.8, 4) is 23.0 Å². The lowest BCUT2D eigenvalue weighted by atomic mass is 9.82. The zero-order chi connectivity index (χ0) is 27.6. The predicted molar refractivity (Wildman–Crippen MR) is 130 cm³/mol. The molecule has 2 aromatic rings. The maximum absolute atomic E-state index is 11.1. The zero-order valence-electron chi connectivity index (χ0n) is 21.0. The van der Waals surface area contributed by atoms with E-state index in [9.17, 15) is 35.7 Å². The second kappa shape index (κ2) is 12.0. The van der Waals surface area contributed by atoms with E-state index in [0.29, 0.717) is 11.1 Å². The molecule has 0 aliphatic carbocycles.